The van der Waals surface area contributed by atoms with Crippen LogP contribution in [0.25, 0.3) is 0 Å². The van der Waals surface area contributed by atoms with Crippen LogP contribution in [0.3, 0.4) is 0 Å². The number of rotatable bonds is 21. The molecule has 0 spiro atoms. The molecule has 3 aromatic rings. The van der Waals surface area contributed by atoms with Gasteiger partial charge in [0.05, 0.1) is 73.2 Å². The third kappa shape index (κ3) is 10.5. The molecular weight excluding hydrogens is 512 g/mol. The van der Waals surface area contributed by atoms with E-state index in [-0.39, 0.29) is 6.61 Å². The minimum Gasteiger partial charge on any atom is -0.467 e. The van der Waals surface area contributed by atoms with Crippen LogP contribution in [0.4, 0.5) is 0 Å². The van der Waals surface area contributed by atoms with Crippen molar-refractivity contribution in [1.82, 2.24) is 0 Å². The van der Waals surface area contributed by atoms with Gasteiger partial charge in [-0.3, -0.25) is 0 Å². The summed E-state index contributed by atoms with van der Waals surface area (Å²) in [5.41, 5.74) is 2.44. The number of carbonyl (C=O) groups excluding carboxylic acids is 1. The molecule has 0 heterocycles. The fourth-order valence-electron chi connectivity index (χ4n) is 4.12. The maximum Gasteiger partial charge on any atom is 0.331 e. The second-order valence-electron chi connectivity index (χ2n) is 8.71. The quantitative estimate of drug-likeness (QED) is 0.110. The molecule has 0 aliphatic rings. The van der Waals surface area contributed by atoms with Crippen LogP contribution in [0, 0.1) is 0 Å². The Bertz CT molecular complexity index is 950. The lowest BCUT2D eigenvalue weighted by atomic mass is 9.80. The van der Waals surface area contributed by atoms with Gasteiger partial charge in [0.1, 0.15) is 12.2 Å². The molecule has 0 radical (unpaired) electrons. The molecule has 0 aromatic heterocycles. The number of hydrogen-bond acceptors (Lipinski definition) is 8. The normalized spacial score (nSPS) is 11.4. The Labute approximate surface area is 237 Å². The number of hydrogen-bond donors (Lipinski definition) is 0. The Morgan fingerprint density at radius 2 is 0.825 bits per heavy atom. The minimum absolute atomic E-state index is 0.0692. The van der Waals surface area contributed by atoms with Gasteiger partial charge in [0.15, 0.2) is 0 Å². The summed E-state index contributed by atoms with van der Waals surface area (Å²) in [7, 11) is 1.32. The zero-order chi connectivity index (χ0) is 28.1. The van der Waals surface area contributed by atoms with E-state index < -0.39 is 11.6 Å². The van der Waals surface area contributed by atoms with Gasteiger partial charge in [0, 0.05) is 0 Å². The Balaban J connectivity index is 1.33. The van der Waals surface area contributed by atoms with Gasteiger partial charge in [0.25, 0.3) is 0 Å². The molecule has 0 saturated carbocycles. The van der Waals surface area contributed by atoms with Crippen molar-refractivity contribution in [2.24, 2.45) is 0 Å². The van der Waals surface area contributed by atoms with Gasteiger partial charge >= 0.3 is 5.97 Å². The van der Waals surface area contributed by atoms with E-state index in [0.29, 0.717) is 66.1 Å². The molecule has 8 heteroatoms. The largest absolute Gasteiger partial charge is 0.467 e. The maximum absolute atomic E-state index is 10.9. The molecule has 3 aromatic carbocycles. The highest BCUT2D eigenvalue weighted by Gasteiger charge is 2.37. The van der Waals surface area contributed by atoms with Gasteiger partial charge in [-0.15, -0.1) is 0 Å². The topological polar surface area (TPSA) is 81.7 Å². The van der Waals surface area contributed by atoms with E-state index in [2.05, 4.69) is 41.1 Å². The van der Waals surface area contributed by atoms with Crippen molar-refractivity contribution in [3.8, 4) is 0 Å². The number of ether oxygens (including phenoxy) is 7. The molecule has 0 aliphatic carbocycles. The number of methoxy groups -OCH3 is 1. The van der Waals surface area contributed by atoms with Crippen molar-refractivity contribution in [3.63, 3.8) is 0 Å². The van der Waals surface area contributed by atoms with Crippen LogP contribution in [-0.2, 0) is 43.6 Å². The Morgan fingerprint density at radius 3 is 1.18 bits per heavy atom. The molecule has 8 nitrogen and oxygen atoms in total. The summed E-state index contributed by atoms with van der Waals surface area (Å²) in [6, 6.07) is 30.9. The first-order valence-corrected chi connectivity index (χ1v) is 13.5. The molecule has 0 unspecified atom stereocenters. The van der Waals surface area contributed by atoms with E-state index in [4.69, 9.17) is 28.4 Å². The first-order chi connectivity index (χ1) is 19.8. The third-order valence-corrected chi connectivity index (χ3v) is 6.02. The van der Waals surface area contributed by atoms with Crippen molar-refractivity contribution in [2.45, 2.75) is 5.60 Å². The van der Waals surface area contributed by atoms with E-state index in [1.54, 1.807) is 0 Å². The molecule has 3 rings (SSSR count). The Kier molecular flexibility index (Phi) is 15.0. The molecular formula is C32H40O8. The highest BCUT2D eigenvalue weighted by Crippen LogP contribution is 2.40. The van der Waals surface area contributed by atoms with E-state index in [9.17, 15) is 4.79 Å². The fourth-order valence-corrected chi connectivity index (χ4v) is 4.12. The molecule has 40 heavy (non-hydrogen) atoms. The first kappa shape index (κ1) is 31.4. The molecule has 0 aliphatic heterocycles. The lowest BCUT2D eigenvalue weighted by molar-refractivity contribution is -0.146. The van der Waals surface area contributed by atoms with E-state index in [1.807, 2.05) is 54.6 Å². The van der Waals surface area contributed by atoms with Crippen LogP contribution in [0.15, 0.2) is 91.0 Å². The van der Waals surface area contributed by atoms with Crippen LogP contribution in [0.2, 0.25) is 0 Å². The smallest absolute Gasteiger partial charge is 0.331 e. The summed E-state index contributed by atoms with van der Waals surface area (Å²) < 4.78 is 38.5. The number of esters is 1. The molecule has 0 saturated heterocycles. The number of benzene rings is 3. The molecule has 216 valence electrons. The van der Waals surface area contributed by atoms with Gasteiger partial charge in [-0.05, 0) is 16.7 Å². The highest BCUT2D eigenvalue weighted by molar-refractivity contribution is 5.70. The summed E-state index contributed by atoms with van der Waals surface area (Å²) in [5, 5.41) is 0. The SMILES string of the molecule is COC(=O)COCCOCCOCCOCCOCCOC(c1ccccc1)(c1ccccc1)c1ccccc1. The van der Waals surface area contributed by atoms with Crippen molar-refractivity contribution < 1.29 is 38.0 Å². The molecule has 0 atom stereocenters. The zero-order valence-electron chi connectivity index (χ0n) is 23.2. The summed E-state index contributed by atoms with van der Waals surface area (Å²) >= 11 is 0. The summed E-state index contributed by atoms with van der Waals surface area (Å²) in [6.45, 7) is 4.29. The van der Waals surface area contributed by atoms with E-state index >= 15 is 0 Å². The second-order valence-corrected chi connectivity index (χ2v) is 8.71. The first-order valence-electron chi connectivity index (χ1n) is 13.5. The average Bonchev–Trinajstić information content (AvgIpc) is 3.02. The molecule has 0 fully saturated rings. The molecule has 0 amide bonds. The Morgan fingerprint density at radius 1 is 0.500 bits per heavy atom. The summed E-state index contributed by atoms with van der Waals surface area (Å²) in [5.74, 6) is -0.404. The number of carbonyl (C=O) groups is 1. The summed E-state index contributed by atoms with van der Waals surface area (Å²) in [4.78, 5) is 10.9. The predicted molar refractivity (Wildman–Crippen MR) is 151 cm³/mol. The average molecular weight is 553 g/mol. The maximum atomic E-state index is 10.9. The van der Waals surface area contributed by atoms with Gasteiger partial charge in [-0.1, -0.05) is 91.0 Å². The monoisotopic (exact) mass is 552 g/mol. The van der Waals surface area contributed by atoms with Crippen molar-refractivity contribution in [3.05, 3.63) is 108 Å². The van der Waals surface area contributed by atoms with Gasteiger partial charge < -0.3 is 33.2 Å². The third-order valence-electron chi connectivity index (χ3n) is 6.02. The second kappa shape index (κ2) is 19.0. The van der Waals surface area contributed by atoms with E-state index in [0.717, 1.165) is 16.7 Å². The van der Waals surface area contributed by atoms with Crippen LogP contribution < -0.4 is 0 Å². The minimum atomic E-state index is -0.749. The van der Waals surface area contributed by atoms with Gasteiger partial charge in [-0.25, -0.2) is 4.79 Å². The van der Waals surface area contributed by atoms with Crippen molar-refractivity contribution >= 4 is 5.97 Å². The van der Waals surface area contributed by atoms with E-state index in [1.165, 1.54) is 7.11 Å². The Hall–Kier alpha value is -3.11. The van der Waals surface area contributed by atoms with Gasteiger partial charge in [0.2, 0.25) is 0 Å². The van der Waals surface area contributed by atoms with Crippen LogP contribution in [-0.4, -0.2) is 85.8 Å². The van der Waals surface area contributed by atoms with Crippen molar-refractivity contribution in [2.75, 3.05) is 79.8 Å². The van der Waals surface area contributed by atoms with Crippen LogP contribution >= 0.6 is 0 Å². The van der Waals surface area contributed by atoms with Gasteiger partial charge in [-0.2, -0.15) is 0 Å². The van der Waals surface area contributed by atoms with Crippen LogP contribution in [0.1, 0.15) is 16.7 Å². The zero-order valence-corrected chi connectivity index (χ0v) is 23.2. The lowest BCUT2D eigenvalue weighted by Crippen LogP contribution is -2.34. The van der Waals surface area contributed by atoms with Crippen molar-refractivity contribution in [1.29, 1.82) is 0 Å². The highest BCUT2D eigenvalue weighted by atomic mass is 16.6. The fraction of sp³-hybridized carbons (Fsp3) is 0.406. The predicted octanol–water partition coefficient (Wildman–Crippen LogP) is 4.25. The standard InChI is InChI=1S/C32H40O8/c1-34-31(33)27-39-24-23-37-20-19-35-17-18-36-21-22-38-25-26-40-32(28-11-5-2-6-12-28,29-13-7-3-8-14-29)30-15-9-4-10-16-30/h2-16H,17-27H2,1H3. The lowest BCUT2D eigenvalue weighted by Gasteiger charge is -2.36. The summed E-state index contributed by atoms with van der Waals surface area (Å²) in [6.07, 6.45) is 0. The van der Waals surface area contributed by atoms with Crippen LogP contribution in [0.5, 0.6) is 0 Å². The molecule has 0 bridgehead atoms. The molecule has 0 N–H and O–H groups in total.